The van der Waals surface area contributed by atoms with Crippen LogP contribution in [0, 0.1) is 0 Å². The minimum atomic E-state index is 0.752. The highest BCUT2D eigenvalue weighted by Crippen LogP contribution is 2.00. The Morgan fingerprint density at radius 2 is 2.05 bits per heavy atom. The monoisotopic (exact) mass is 307 g/mol. The molecular weight excluding hydrogens is 278 g/mol. The van der Waals surface area contributed by atoms with Crippen LogP contribution in [0.15, 0.2) is 29.4 Å². The minimum absolute atomic E-state index is 0.752. The number of aliphatic imine (C=N–C) groups is 1. The third-order valence-electron chi connectivity index (χ3n) is 2.99. The molecule has 22 heavy (non-hydrogen) atoms. The van der Waals surface area contributed by atoms with Gasteiger partial charge in [0.05, 0.1) is 0 Å². The summed E-state index contributed by atoms with van der Waals surface area (Å²) in [6.07, 6.45) is 4.92. The zero-order chi connectivity index (χ0) is 15.9. The molecule has 0 saturated heterocycles. The maximum Gasteiger partial charge on any atom is 0.191 e. The zero-order valence-corrected chi connectivity index (χ0v) is 13.8. The molecule has 1 rings (SSSR count). The van der Waals surface area contributed by atoms with Crippen LogP contribution in [0.25, 0.3) is 0 Å². The van der Waals surface area contributed by atoms with E-state index in [4.69, 9.17) is 4.74 Å². The van der Waals surface area contributed by atoms with Gasteiger partial charge in [0.25, 0.3) is 0 Å². The predicted octanol–water partition coefficient (Wildman–Crippen LogP) is 1.87. The highest BCUT2D eigenvalue weighted by Gasteiger charge is 1.97. The maximum absolute atomic E-state index is 5.02. The highest BCUT2D eigenvalue weighted by atomic mass is 16.5. The number of ether oxygens (including phenoxy) is 1. The summed E-state index contributed by atoms with van der Waals surface area (Å²) in [5.74, 6) is 1.82. The summed E-state index contributed by atoms with van der Waals surface area (Å²) in [6, 6.07) is 5.89. The van der Waals surface area contributed by atoms with Crippen molar-refractivity contribution < 1.29 is 4.74 Å². The van der Waals surface area contributed by atoms with Crippen molar-refractivity contribution >= 4 is 11.8 Å². The molecule has 0 spiro atoms. The molecule has 0 aliphatic carbocycles. The van der Waals surface area contributed by atoms with Crippen LogP contribution in [-0.2, 0) is 4.74 Å². The number of methoxy groups -OCH3 is 1. The minimum Gasteiger partial charge on any atom is -0.385 e. The first-order chi connectivity index (χ1) is 10.9. The number of nitrogens with zero attached hydrogens (tertiary/aromatic N) is 2. The lowest BCUT2D eigenvalue weighted by atomic mass is 10.3. The summed E-state index contributed by atoms with van der Waals surface area (Å²) in [5.41, 5.74) is 0. The molecule has 1 aromatic heterocycles. The van der Waals surface area contributed by atoms with Crippen LogP contribution in [-0.4, -0.2) is 50.8 Å². The number of pyridine rings is 1. The highest BCUT2D eigenvalue weighted by molar-refractivity contribution is 5.79. The standard InChI is InChI=1S/C16H29N5O/c1-3-17-16(21-13-8-14-22-2)20-12-7-6-11-19-15-9-4-5-10-18-15/h4-5,9-10H,3,6-8,11-14H2,1-2H3,(H,18,19)(H2,17,20,21). The smallest absolute Gasteiger partial charge is 0.191 e. The average molecular weight is 307 g/mol. The topological polar surface area (TPSA) is 70.6 Å². The van der Waals surface area contributed by atoms with Gasteiger partial charge in [-0.1, -0.05) is 6.07 Å². The molecule has 0 aliphatic rings. The van der Waals surface area contributed by atoms with Crippen LogP contribution in [0.2, 0.25) is 0 Å². The fourth-order valence-electron chi connectivity index (χ4n) is 1.88. The number of aromatic nitrogens is 1. The fourth-order valence-corrected chi connectivity index (χ4v) is 1.88. The summed E-state index contributed by atoms with van der Waals surface area (Å²) >= 11 is 0. The van der Waals surface area contributed by atoms with Crippen LogP contribution >= 0.6 is 0 Å². The summed E-state index contributed by atoms with van der Waals surface area (Å²) in [4.78, 5) is 8.74. The van der Waals surface area contributed by atoms with Gasteiger partial charge in [0, 0.05) is 46.1 Å². The second-order valence-corrected chi connectivity index (χ2v) is 4.88. The van der Waals surface area contributed by atoms with Crippen molar-refractivity contribution in [3.63, 3.8) is 0 Å². The van der Waals surface area contributed by atoms with Crippen molar-refractivity contribution in [3.05, 3.63) is 24.4 Å². The lowest BCUT2D eigenvalue weighted by molar-refractivity contribution is 0.197. The molecule has 0 atom stereocenters. The number of hydrogen-bond acceptors (Lipinski definition) is 4. The summed E-state index contributed by atoms with van der Waals surface area (Å²) < 4.78 is 5.02. The van der Waals surface area contributed by atoms with Gasteiger partial charge >= 0.3 is 0 Å². The van der Waals surface area contributed by atoms with Gasteiger partial charge in [-0.15, -0.1) is 0 Å². The van der Waals surface area contributed by atoms with E-state index in [1.54, 1.807) is 13.3 Å². The van der Waals surface area contributed by atoms with E-state index >= 15 is 0 Å². The Hall–Kier alpha value is -1.82. The van der Waals surface area contributed by atoms with E-state index in [-0.39, 0.29) is 0 Å². The molecule has 6 nitrogen and oxygen atoms in total. The van der Waals surface area contributed by atoms with Crippen LogP contribution < -0.4 is 16.0 Å². The van der Waals surface area contributed by atoms with Crippen molar-refractivity contribution in [2.45, 2.75) is 26.2 Å². The number of hydrogen-bond donors (Lipinski definition) is 3. The Morgan fingerprint density at radius 3 is 2.77 bits per heavy atom. The number of anilines is 1. The molecular formula is C16H29N5O. The number of guanidine groups is 1. The lowest BCUT2D eigenvalue weighted by Crippen LogP contribution is -2.38. The van der Waals surface area contributed by atoms with Crippen molar-refractivity contribution in [2.75, 3.05) is 45.2 Å². The van der Waals surface area contributed by atoms with E-state index in [0.29, 0.717) is 0 Å². The molecule has 0 unspecified atom stereocenters. The molecule has 0 bridgehead atoms. The molecule has 0 amide bonds. The quantitative estimate of drug-likeness (QED) is 0.331. The lowest BCUT2D eigenvalue weighted by Gasteiger charge is -2.11. The first-order valence-corrected chi connectivity index (χ1v) is 8.03. The van der Waals surface area contributed by atoms with Crippen molar-refractivity contribution in [3.8, 4) is 0 Å². The molecule has 0 aliphatic heterocycles. The largest absolute Gasteiger partial charge is 0.385 e. The van der Waals surface area contributed by atoms with Crippen molar-refractivity contribution in [1.29, 1.82) is 0 Å². The normalized spacial score (nSPS) is 11.3. The van der Waals surface area contributed by atoms with Gasteiger partial charge in [0.15, 0.2) is 5.96 Å². The molecule has 0 saturated carbocycles. The third kappa shape index (κ3) is 9.18. The van der Waals surface area contributed by atoms with E-state index in [1.807, 2.05) is 18.2 Å². The Bertz CT molecular complexity index is 397. The molecule has 0 aromatic carbocycles. The van der Waals surface area contributed by atoms with Gasteiger partial charge in [0.1, 0.15) is 5.82 Å². The van der Waals surface area contributed by atoms with Gasteiger partial charge < -0.3 is 20.7 Å². The van der Waals surface area contributed by atoms with Gasteiger partial charge in [-0.2, -0.15) is 0 Å². The van der Waals surface area contributed by atoms with Gasteiger partial charge in [-0.05, 0) is 38.3 Å². The fraction of sp³-hybridized carbons (Fsp3) is 0.625. The summed E-state index contributed by atoms with van der Waals surface area (Å²) in [6.45, 7) is 6.33. The molecule has 0 fully saturated rings. The molecule has 1 aromatic rings. The molecule has 3 N–H and O–H groups in total. The van der Waals surface area contributed by atoms with Crippen LogP contribution in [0.1, 0.15) is 26.2 Å². The first-order valence-electron chi connectivity index (χ1n) is 8.03. The van der Waals surface area contributed by atoms with E-state index in [2.05, 4.69) is 32.9 Å². The molecule has 6 heteroatoms. The van der Waals surface area contributed by atoms with Gasteiger partial charge in [-0.25, -0.2) is 4.98 Å². The van der Waals surface area contributed by atoms with Crippen LogP contribution in [0.3, 0.4) is 0 Å². The average Bonchev–Trinajstić information content (AvgIpc) is 2.55. The van der Waals surface area contributed by atoms with Crippen LogP contribution in [0.5, 0.6) is 0 Å². The van der Waals surface area contributed by atoms with Crippen molar-refractivity contribution in [2.24, 2.45) is 4.99 Å². The second-order valence-electron chi connectivity index (χ2n) is 4.88. The Labute approximate surface area is 133 Å². The molecule has 1 heterocycles. The summed E-state index contributed by atoms with van der Waals surface area (Å²) in [7, 11) is 1.71. The Balaban J connectivity index is 2.09. The summed E-state index contributed by atoms with van der Waals surface area (Å²) in [5, 5.41) is 9.91. The number of nitrogens with one attached hydrogen (secondary N) is 3. The second kappa shape index (κ2) is 12.9. The number of rotatable bonds is 11. The van der Waals surface area contributed by atoms with Crippen molar-refractivity contribution in [1.82, 2.24) is 15.6 Å². The predicted molar refractivity (Wildman–Crippen MR) is 92.4 cm³/mol. The Morgan fingerprint density at radius 1 is 1.18 bits per heavy atom. The maximum atomic E-state index is 5.02. The Kier molecular flexibility index (Phi) is 10.7. The third-order valence-corrected chi connectivity index (χ3v) is 2.99. The van der Waals surface area contributed by atoms with Gasteiger partial charge in [0.2, 0.25) is 0 Å². The molecule has 0 radical (unpaired) electrons. The van der Waals surface area contributed by atoms with Crippen LogP contribution in [0.4, 0.5) is 5.82 Å². The zero-order valence-electron chi connectivity index (χ0n) is 13.8. The number of unbranched alkanes of at least 4 members (excludes halogenated alkanes) is 1. The van der Waals surface area contributed by atoms with E-state index in [1.165, 1.54) is 0 Å². The molecule has 124 valence electrons. The van der Waals surface area contributed by atoms with E-state index in [9.17, 15) is 0 Å². The van der Waals surface area contributed by atoms with E-state index < -0.39 is 0 Å². The van der Waals surface area contributed by atoms with Gasteiger partial charge in [-0.3, -0.25) is 4.99 Å². The van der Waals surface area contributed by atoms with E-state index in [0.717, 1.165) is 63.8 Å². The first kappa shape index (κ1) is 18.2. The SMILES string of the molecule is CCNC(=NCCCOC)NCCCCNc1ccccn1.